The van der Waals surface area contributed by atoms with Gasteiger partial charge in [0.15, 0.2) is 5.84 Å². The first-order valence-electron chi connectivity index (χ1n) is 14.3. The molecule has 2 aliphatic rings. The maximum atomic E-state index is 13.7. The van der Waals surface area contributed by atoms with Gasteiger partial charge in [0.05, 0.1) is 6.04 Å². The summed E-state index contributed by atoms with van der Waals surface area (Å²) in [5.41, 5.74) is 4.53. The minimum Gasteiger partial charge on any atom is -0.361 e. The molecular formula is C33H37N5O. The summed E-state index contributed by atoms with van der Waals surface area (Å²) < 4.78 is 0. The lowest BCUT2D eigenvalue weighted by Gasteiger charge is -2.34. The number of anilines is 1. The topological polar surface area (TPSA) is 63.7 Å². The lowest BCUT2D eigenvalue weighted by molar-refractivity contribution is -0.126. The summed E-state index contributed by atoms with van der Waals surface area (Å²) in [7, 11) is 0. The smallest absolute Gasteiger partial charge is 0.223 e. The van der Waals surface area contributed by atoms with Crippen LogP contribution in [0.1, 0.15) is 56.3 Å². The van der Waals surface area contributed by atoms with Gasteiger partial charge in [0.1, 0.15) is 6.17 Å². The van der Waals surface area contributed by atoms with Crippen LogP contribution in [0.5, 0.6) is 0 Å². The average Bonchev–Trinajstić information content (AvgIpc) is 3.60. The number of nitrogens with zero attached hydrogens (tertiary/aromatic N) is 3. The second-order valence-corrected chi connectivity index (χ2v) is 10.7. The zero-order chi connectivity index (χ0) is 26.6. The van der Waals surface area contributed by atoms with Crippen LogP contribution in [0.4, 0.5) is 5.69 Å². The Morgan fingerprint density at radius 2 is 1.64 bits per heavy atom. The van der Waals surface area contributed by atoms with Crippen LogP contribution in [0, 0.1) is 5.92 Å². The predicted molar refractivity (Wildman–Crippen MR) is 158 cm³/mol. The van der Waals surface area contributed by atoms with Gasteiger partial charge < -0.3 is 15.2 Å². The monoisotopic (exact) mass is 519 g/mol. The van der Waals surface area contributed by atoms with Crippen molar-refractivity contribution in [3.63, 3.8) is 0 Å². The first-order valence-corrected chi connectivity index (χ1v) is 14.3. The quantitative estimate of drug-likeness (QED) is 0.275. The molecule has 2 atom stereocenters. The highest BCUT2D eigenvalue weighted by atomic mass is 16.2. The van der Waals surface area contributed by atoms with Gasteiger partial charge in [0.2, 0.25) is 5.91 Å². The summed E-state index contributed by atoms with van der Waals surface area (Å²) in [5, 5.41) is 12.1. The first-order chi connectivity index (χ1) is 19.2. The Kier molecular flexibility index (Phi) is 7.35. The van der Waals surface area contributed by atoms with E-state index in [1.807, 2.05) is 18.2 Å². The molecule has 1 amide bonds. The molecule has 3 aromatic carbocycles. The Morgan fingerprint density at radius 1 is 0.949 bits per heavy atom. The number of aromatic amines is 1. The fourth-order valence-corrected chi connectivity index (χ4v) is 6.16. The number of hydrazone groups is 1. The fraction of sp³-hybridized carbons (Fsp3) is 0.333. The maximum Gasteiger partial charge on any atom is 0.223 e. The van der Waals surface area contributed by atoms with Crippen molar-refractivity contribution in [1.82, 2.24) is 15.3 Å². The van der Waals surface area contributed by atoms with Crippen molar-refractivity contribution in [2.24, 2.45) is 11.0 Å². The van der Waals surface area contributed by atoms with E-state index in [1.54, 1.807) is 0 Å². The Bertz CT molecular complexity index is 1420. The number of hydrogen-bond acceptors (Lipinski definition) is 4. The predicted octanol–water partition coefficient (Wildman–Crippen LogP) is 6.63. The zero-order valence-electron chi connectivity index (χ0n) is 22.6. The van der Waals surface area contributed by atoms with Crippen molar-refractivity contribution < 1.29 is 4.79 Å². The third-order valence-electron chi connectivity index (χ3n) is 8.16. The van der Waals surface area contributed by atoms with Crippen LogP contribution in [0.3, 0.4) is 0 Å². The highest BCUT2D eigenvalue weighted by molar-refractivity contribution is 6.05. The average molecular weight is 520 g/mol. The molecule has 1 aliphatic heterocycles. The Labute approximate surface area is 230 Å². The summed E-state index contributed by atoms with van der Waals surface area (Å²) in [4.78, 5) is 19.4. The van der Waals surface area contributed by atoms with E-state index in [4.69, 9.17) is 5.10 Å². The number of carbonyl (C=O) groups is 1. The summed E-state index contributed by atoms with van der Waals surface area (Å²) >= 11 is 0. The molecule has 1 aromatic heterocycles. The number of nitrogens with one attached hydrogen (secondary N) is 2. The molecule has 2 heterocycles. The molecule has 39 heavy (non-hydrogen) atoms. The van der Waals surface area contributed by atoms with E-state index in [9.17, 15) is 4.79 Å². The molecule has 1 saturated carbocycles. The lowest BCUT2D eigenvalue weighted by atomic mass is 9.88. The number of fused-ring (bicyclic) bond motifs is 1. The lowest BCUT2D eigenvalue weighted by Crippen LogP contribution is -2.50. The molecule has 0 saturated heterocycles. The number of aromatic nitrogens is 1. The molecule has 0 spiro atoms. The summed E-state index contributed by atoms with van der Waals surface area (Å²) in [6.45, 7) is 2.89. The molecule has 6 heteroatoms. The summed E-state index contributed by atoms with van der Waals surface area (Å²) in [5.74, 6) is 1.11. The fourth-order valence-electron chi connectivity index (χ4n) is 6.16. The number of H-pyrrole nitrogens is 1. The number of amidine groups is 1. The molecule has 6 nitrogen and oxygen atoms in total. The van der Waals surface area contributed by atoms with Gasteiger partial charge in [-0.1, -0.05) is 86.0 Å². The molecule has 4 aromatic rings. The molecule has 2 N–H and O–H groups in total. The zero-order valence-corrected chi connectivity index (χ0v) is 22.6. The van der Waals surface area contributed by atoms with Crippen LogP contribution in [0.15, 0.2) is 96.2 Å². The minimum absolute atomic E-state index is 0.0728. The Morgan fingerprint density at radius 3 is 2.38 bits per heavy atom. The number of benzene rings is 3. The van der Waals surface area contributed by atoms with E-state index in [0.29, 0.717) is 6.42 Å². The van der Waals surface area contributed by atoms with Gasteiger partial charge in [-0.25, -0.2) is 0 Å². The number of amides is 1. The second kappa shape index (κ2) is 11.4. The SMILES string of the molecule is CCN1N=C([C@@H](Cc2c[nH]c3ccccc23)NC(=O)C2CCCCC2)N(c2ccccc2)C1c1ccccc1. The maximum absolute atomic E-state index is 13.7. The van der Waals surface area contributed by atoms with Crippen LogP contribution in [0.25, 0.3) is 10.9 Å². The molecule has 1 aliphatic carbocycles. The van der Waals surface area contributed by atoms with E-state index in [-0.39, 0.29) is 24.0 Å². The first kappa shape index (κ1) is 25.2. The third kappa shape index (κ3) is 5.16. The van der Waals surface area contributed by atoms with E-state index < -0.39 is 0 Å². The van der Waals surface area contributed by atoms with Crippen molar-refractivity contribution >= 4 is 28.3 Å². The van der Waals surface area contributed by atoms with Crippen LogP contribution >= 0.6 is 0 Å². The van der Waals surface area contributed by atoms with Crippen LogP contribution in [-0.4, -0.2) is 34.3 Å². The number of rotatable bonds is 8. The van der Waals surface area contributed by atoms with Gasteiger partial charge in [-0.2, -0.15) is 5.10 Å². The molecule has 6 rings (SSSR count). The highest BCUT2D eigenvalue weighted by Crippen LogP contribution is 2.37. The highest BCUT2D eigenvalue weighted by Gasteiger charge is 2.40. The van der Waals surface area contributed by atoms with Crippen molar-refractivity contribution in [2.45, 2.75) is 57.7 Å². The van der Waals surface area contributed by atoms with Gasteiger partial charge in [0.25, 0.3) is 0 Å². The Balaban J connectivity index is 1.42. The molecule has 0 radical (unpaired) electrons. The molecule has 1 fully saturated rings. The van der Waals surface area contributed by atoms with E-state index in [1.165, 1.54) is 22.9 Å². The van der Waals surface area contributed by atoms with Crippen molar-refractivity contribution in [3.8, 4) is 0 Å². The summed E-state index contributed by atoms with van der Waals surface area (Å²) in [6.07, 6.45) is 8.06. The standard InChI is InChI=1S/C33H37N5O/c1-2-37-33(25-16-8-4-9-17-25)38(27-18-10-5-11-19-27)31(36-37)30(35-32(39)24-14-6-3-7-15-24)22-26-23-34-29-21-13-12-20-28(26)29/h4-5,8-13,16-21,23-24,30,33-34H,2-3,6-7,14-15,22H2,1H3,(H,35,39)/t30-,33?/m1/s1. The van der Waals surface area contributed by atoms with Crippen LogP contribution in [0.2, 0.25) is 0 Å². The number of para-hydroxylation sites is 2. The molecule has 0 bridgehead atoms. The third-order valence-corrected chi connectivity index (χ3v) is 8.16. The van der Waals surface area contributed by atoms with Gasteiger partial charge in [-0.15, -0.1) is 0 Å². The Hall–Kier alpha value is -4.06. The van der Waals surface area contributed by atoms with Crippen molar-refractivity contribution in [2.75, 3.05) is 11.4 Å². The van der Waals surface area contributed by atoms with Crippen LogP contribution in [-0.2, 0) is 11.2 Å². The number of hydrogen-bond donors (Lipinski definition) is 2. The van der Waals surface area contributed by atoms with Gasteiger partial charge in [-0.3, -0.25) is 9.80 Å². The minimum atomic E-state index is -0.276. The molecule has 1 unspecified atom stereocenters. The number of carbonyl (C=O) groups excluding carboxylic acids is 1. The second-order valence-electron chi connectivity index (χ2n) is 10.7. The molecular weight excluding hydrogens is 482 g/mol. The van der Waals surface area contributed by atoms with Gasteiger partial charge in [-0.05, 0) is 49.1 Å². The van der Waals surface area contributed by atoms with E-state index in [0.717, 1.165) is 49.3 Å². The largest absolute Gasteiger partial charge is 0.361 e. The van der Waals surface area contributed by atoms with Crippen molar-refractivity contribution in [3.05, 3.63) is 102 Å². The van der Waals surface area contributed by atoms with Gasteiger partial charge >= 0.3 is 0 Å². The van der Waals surface area contributed by atoms with Gasteiger partial charge in [0, 0.05) is 41.7 Å². The van der Waals surface area contributed by atoms with E-state index in [2.05, 4.69) is 100 Å². The van der Waals surface area contributed by atoms with Crippen LogP contribution < -0.4 is 10.2 Å². The van der Waals surface area contributed by atoms with E-state index >= 15 is 0 Å². The summed E-state index contributed by atoms with van der Waals surface area (Å²) in [6, 6.07) is 29.1. The normalized spacial score (nSPS) is 18.8. The molecule has 200 valence electrons. The van der Waals surface area contributed by atoms with Crippen molar-refractivity contribution in [1.29, 1.82) is 0 Å².